The molecule has 0 saturated heterocycles. The molecule has 1 aliphatic rings. The first-order chi connectivity index (χ1) is 5.40. The van der Waals surface area contributed by atoms with Gasteiger partial charge in [-0.25, -0.2) is 0 Å². The molecule has 1 fully saturated rings. The molecule has 0 N–H and O–H groups in total. The van der Waals surface area contributed by atoms with Gasteiger partial charge in [-0.2, -0.15) is 0 Å². The van der Waals surface area contributed by atoms with Gasteiger partial charge in [0.25, 0.3) is 0 Å². The molecule has 0 nitrogen and oxygen atoms in total. The summed E-state index contributed by atoms with van der Waals surface area (Å²) in [6.07, 6.45) is 10.1. The van der Waals surface area contributed by atoms with Crippen molar-refractivity contribution in [1.29, 1.82) is 0 Å². The summed E-state index contributed by atoms with van der Waals surface area (Å²) < 4.78 is 0. The molecular weight excluding hydrogens is 152 g/mol. The SMILES string of the molecule is C#Cc1ccsc1C=C1CC1. The summed E-state index contributed by atoms with van der Waals surface area (Å²) in [5.74, 6) is 2.67. The minimum atomic E-state index is 1.04. The zero-order valence-electron chi connectivity index (χ0n) is 6.13. The standard InChI is InChI=1S/C10H8S/c1-2-9-5-6-11-10(9)7-8-3-4-8/h1,5-7H,3-4H2. The van der Waals surface area contributed by atoms with Gasteiger partial charge in [0.1, 0.15) is 0 Å². The van der Waals surface area contributed by atoms with Crippen molar-refractivity contribution < 1.29 is 0 Å². The predicted octanol–water partition coefficient (Wildman–Crippen LogP) is 2.91. The zero-order chi connectivity index (χ0) is 7.68. The van der Waals surface area contributed by atoms with Crippen LogP contribution in [-0.2, 0) is 0 Å². The van der Waals surface area contributed by atoms with Gasteiger partial charge in [0.05, 0.1) is 0 Å². The van der Waals surface area contributed by atoms with Crippen molar-refractivity contribution in [3.05, 3.63) is 27.5 Å². The number of rotatable bonds is 1. The molecule has 54 valence electrons. The molecule has 11 heavy (non-hydrogen) atoms. The van der Waals surface area contributed by atoms with E-state index in [2.05, 4.69) is 12.0 Å². The van der Waals surface area contributed by atoms with Crippen molar-refractivity contribution in [3.63, 3.8) is 0 Å². The minimum Gasteiger partial charge on any atom is -0.143 e. The Morgan fingerprint density at radius 3 is 3.00 bits per heavy atom. The second-order valence-electron chi connectivity index (χ2n) is 2.65. The summed E-state index contributed by atoms with van der Waals surface area (Å²) in [5, 5.41) is 2.05. The highest BCUT2D eigenvalue weighted by Gasteiger charge is 2.11. The topological polar surface area (TPSA) is 0 Å². The van der Waals surface area contributed by atoms with Crippen LogP contribution in [0.3, 0.4) is 0 Å². The third-order valence-corrected chi connectivity index (χ3v) is 2.59. The molecule has 1 heterocycles. The number of hydrogen-bond acceptors (Lipinski definition) is 1. The number of allylic oxidation sites excluding steroid dienone is 1. The lowest BCUT2D eigenvalue weighted by Gasteiger charge is -1.85. The van der Waals surface area contributed by atoms with Gasteiger partial charge in [-0.05, 0) is 30.4 Å². The first-order valence-corrected chi connectivity index (χ1v) is 4.51. The Balaban J connectivity index is 2.37. The summed E-state index contributed by atoms with van der Waals surface area (Å²) in [7, 11) is 0. The molecule has 1 aromatic heterocycles. The maximum atomic E-state index is 5.32. The zero-order valence-corrected chi connectivity index (χ0v) is 6.95. The molecule has 1 saturated carbocycles. The van der Waals surface area contributed by atoms with Crippen LogP contribution in [-0.4, -0.2) is 0 Å². The fraction of sp³-hybridized carbons (Fsp3) is 0.200. The van der Waals surface area contributed by atoms with E-state index in [9.17, 15) is 0 Å². The Bertz CT molecular complexity index is 330. The van der Waals surface area contributed by atoms with Crippen LogP contribution in [0.5, 0.6) is 0 Å². The highest BCUT2D eigenvalue weighted by molar-refractivity contribution is 7.11. The van der Waals surface area contributed by atoms with Gasteiger partial charge in [-0.3, -0.25) is 0 Å². The lowest BCUT2D eigenvalue weighted by Crippen LogP contribution is -1.68. The van der Waals surface area contributed by atoms with E-state index in [4.69, 9.17) is 6.42 Å². The van der Waals surface area contributed by atoms with Crippen molar-refractivity contribution in [3.8, 4) is 12.3 Å². The highest BCUT2D eigenvalue weighted by atomic mass is 32.1. The molecule has 1 aliphatic carbocycles. The molecule has 1 heteroatoms. The van der Waals surface area contributed by atoms with Crippen molar-refractivity contribution in [2.45, 2.75) is 12.8 Å². The third kappa shape index (κ3) is 1.36. The molecule has 2 rings (SSSR count). The highest BCUT2D eigenvalue weighted by Crippen LogP contribution is 2.32. The molecule has 0 spiro atoms. The van der Waals surface area contributed by atoms with Crippen LogP contribution < -0.4 is 0 Å². The van der Waals surface area contributed by atoms with Crippen molar-refractivity contribution in [2.24, 2.45) is 0 Å². The van der Waals surface area contributed by atoms with Gasteiger partial charge < -0.3 is 0 Å². The van der Waals surface area contributed by atoms with Gasteiger partial charge in [0.2, 0.25) is 0 Å². The Hall–Kier alpha value is -1.00. The fourth-order valence-electron chi connectivity index (χ4n) is 0.954. The molecule has 0 atom stereocenters. The van der Waals surface area contributed by atoms with Gasteiger partial charge in [-0.15, -0.1) is 17.8 Å². The number of thiophene rings is 1. The van der Waals surface area contributed by atoms with E-state index in [1.54, 1.807) is 11.3 Å². The molecular formula is C10H8S. The number of hydrogen-bond donors (Lipinski definition) is 0. The summed E-state index contributed by atoms with van der Waals surface area (Å²) in [4.78, 5) is 1.25. The van der Waals surface area contributed by atoms with E-state index in [-0.39, 0.29) is 0 Å². The maximum Gasteiger partial charge on any atom is 0.0426 e. The van der Waals surface area contributed by atoms with Crippen LogP contribution in [0, 0.1) is 12.3 Å². The molecule has 0 aromatic carbocycles. The first-order valence-electron chi connectivity index (χ1n) is 3.63. The maximum absolute atomic E-state index is 5.32. The molecule has 1 aromatic rings. The van der Waals surface area contributed by atoms with Crippen LogP contribution in [0.4, 0.5) is 0 Å². The fourth-order valence-corrected chi connectivity index (χ4v) is 1.79. The normalized spacial score (nSPS) is 14.3. The van der Waals surface area contributed by atoms with E-state index < -0.39 is 0 Å². The molecule has 0 unspecified atom stereocenters. The monoisotopic (exact) mass is 160 g/mol. The molecule has 0 aliphatic heterocycles. The van der Waals surface area contributed by atoms with E-state index in [0.717, 1.165) is 5.56 Å². The van der Waals surface area contributed by atoms with Crippen LogP contribution in [0.15, 0.2) is 17.0 Å². The van der Waals surface area contributed by atoms with Crippen LogP contribution in [0.1, 0.15) is 23.3 Å². The average Bonchev–Trinajstić information content (AvgIpc) is 2.68. The Morgan fingerprint density at radius 1 is 1.55 bits per heavy atom. The van der Waals surface area contributed by atoms with Crippen LogP contribution in [0.25, 0.3) is 6.08 Å². The third-order valence-electron chi connectivity index (χ3n) is 1.72. The Morgan fingerprint density at radius 2 is 2.36 bits per heavy atom. The second kappa shape index (κ2) is 2.56. The van der Waals surface area contributed by atoms with Gasteiger partial charge >= 0.3 is 0 Å². The number of terminal acetylenes is 1. The largest absolute Gasteiger partial charge is 0.143 e. The van der Waals surface area contributed by atoms with Gasteiger partial charge in [0, 0.05) is 10.4 Å². The minimum absolute atomic E-state index is 1.04. The quantitative estimate of drug-likeness (QED) is 0.554. The second-order valence-corrected chi connectivity index (χ2v) is 3.59. The van der Waals surface area contributed by atoms with Crippen molar-refractivity contribution in [2.75, 3.05) is 0 Å². The molecule has 0 bridgehead atoms. The summed E-state index contributed by atoms with van der Waals surface area (Å²) in [6, 6.07) is 2.00. The van der Waals surface area contributed by atoms with Crippen molar-refractivity contribution in [1.82, 2.24) is 0 Å². The first kappa shape index (κ1) is 6.69. The summed E-state index contributed by atoms with van der Waals surface area (Å²) >= 11 is 1.72. The summed E-state index contributed by atoms with van der Waals surface area (Å²) in [5.41, 5.74) is 2.57. The van der Waals surface area contributed by atoms with Crippen molar-refractivity contribution >= 4 is 17.4 Å². The van der Waals surface area contributed by atoms with E-state index in [0.29, 0.717) is 0 Å². The van der Waals surface area contributed by atoms with Crippen LogP contribution in [0.2, 0.25) is 0 Å². The molecule has 0 radical (unpaired) electrons. The lowest BCUT2D eigenvalue weighted by molar-refractivity contribution is 1.50. The predicted molar refractivity (Wildman–Crippen MR) is 49.5 cm³/mol. The van der Waals surface area contributed by atoms with Crippen LogP contribution >= 0.6 is 11.3 Å². The van der Waals surface area contributed by atoms with E-state index in [1.807, 2.05) is 11.4 Å². The smallest absolute Gasteiger partial charge is 0.0426 e. The molecule has 0 amide bonds. The Kier molecular flexibility index (Phi) is 1.56. The van der Waals surface area contributed by atoms with E-state index >= 15 is 0 Å². The Labute approximate surface area is 70.6 Å². The van der Waals surface area contributed by atoms with E-state index in [1.165, 1.54) is 23.3 Å². The average molecular weight is 160 g/mol. The van der Waals surface area contributed by atoms with Gasteiger partial charge in [-0.1, -0.05) is 11.5 Å². The summed E-state index contributed by atoms with van der Waals surface area (Å²) in [6.45, 7) is 0. The van der Waals surface area contributed by atoms with Gasteiger partial charge in [0.15, 0.2) is 0 Å². The lowest BCUT2D eigenvalue weighted by atomic mass is 10.2.